The fourth-order valence-corrected chi connectivity index (χ4v) is 2.23. The van der Waals surface area contributed by atoms with Gasteiger partial charge >= 0.3 is 6.03 Å². The molecule has 0 saturated carbocycles. The molecule has 0 unspecified atom stereocenters. The average molecular weight is 343 g/mol. The lowest BCUT2D eigenvalue weighted by Gasteiger charge is -2.11. The molecule has 2 aromatic carbocycles. The van der Waals surface area contributed by atoms with E-state index in [-0.39, 0.29) is 17.8 Å². The second-order valence-corrected chi connectivity index (χ2v) is 5.92. The highest BCUT2D eigenvalue weighted by atomic mass is 19.1. The molecule has 2 aromatic rings. The minimum Gasteiger partial charge on any atom is -0.349 e. The van der Waals surface area contributed by atoms with Crippen molar-refractivity contribution in [2.45, 2.75) is 12.8 Å². The molecule has 0 fully saturated rings. The lowest BCUT2D eigenvalue weighted by atomic mass is 10.1. The van der Waals surface area contributed by atoms with E-state index < -0.39 is 0 Å². The van der Waals surface area contributed by atoms with Crippen molar-refractivity contribution in [1.82, 2.24) is 10.2 Å². The quantitative estimate of drug-likeness (QED) is 0.847. The maximum atomic E-state index is 13.1. The molecule has 0 aliphatic heterocycles. The van der Waals surface area contributed by atoms with Gasteiger partial charge in [-0.15, -0.1) is 0 Å². The minimum absolute atomic E-state index is 0.0239. The summed E-state index contributed by atoms with van der Waals surface area (Å²) in [4.78, 5) is 25.1. The Morgan fingerprint density at radius 2 is 1.76 bits per heavy atom. The van der Waals surface area contributed by atoms with Crippen LogP contribution >= 0.6 is 0 Å². The van der Waals surface area contributed by atoms with Crippen molar-refractivity contribution in [3.63, 3.8) is 0 Å². The average Bonchev–Trinajstić information content (AvgIpc) is 2.56. The molecule has 6 heteroatoms. The molecule has 0 aromatic heterocycles. The van der Waals surface area contributed by atoms with Crippen molar-refractivity contribution < 1.29 is 14.0 Å². The molecule has 2 N–H and O–H groups in total. The van der Waals surface area contributed by atoms with Crippen LogP contribution in [0, 0.1) is 5.82 Å². The van der Waals surface area contributed by atoms with E-state index in [9.17, 15) is 14.0 Å². The van der Waals surface area contributed by atoms with Crippen LogP contribution in [0.25, 0.3) is 0 Å². The first kappa shape index (κ1) is 18.4. The van der Waals surface area contributed by atoms with Gasteiger partial charge in [-0.1, -0.05) is 24.3 Å². The number of nitrogens with zero attached hydrogens (tertiary/aromatic N) is 1. The zero-order valence-corrected chi connectivity index (χ0v) is 14.4. The molecule has 2 rings (SSSR count). The number of likely N-dealkylation sites (N-methyl/N-ethyl adjacent to an activating group) is 1. The van der Waals surface area contributed by atoms with Gasteiger partial charge in [-0.3, -0.25) is 4.79 Å². The van der Waals surface area contributed by atoms with Crippen molar-refractivity contribution in [1.29, 1.82) is 0 Å². The monoisotopic (exact) mass is 343 g/mol. The molecule has 0 aliphatic rings. The first-order valence-corrected chi connectivity index (χ1v) is 8.02. The molecule has 0 spiro atoms. The molecule has 0 saturated heterocycles. The predicted octanol–water partition coefficient (Wildman–Crippen LogP) is 2.82. The summed E-state index contributed by atoms with van der Waals surface area (Å²) in [7, 11) is 3.43. The summed E-state index contributed by atoms with van der Waals surface area (Å²) in [6, 6.07) is 13.1. The van der Waals surface area contributed by atoms with Gasteiger partial charge in [-0.05, 0) is 41.8 Å². The Morgan fingerprint density at radius 1 is 1.04 bits per heavy atom. The highest BCUT2D eigenvalue weighted by molar-refractivity contribution is 5.89. The van der Waals surface area contributed by atoms with Gasteiger partial charge in [-0.2, -0.15) is 0 Å². The fraction of sp³-hybridized carbons (Fsp3) is 0.263. The summed E-state index contributed by atoms with van der Waals surface area (Å²) in [5.41, 5.74) is 2.36. The highest BCUT2D eigenvalue weighted by Crippen LogP contribution is 2.10. The van der Waals surface area contributed by atoms with Crippen molar-refractivity contribution >= 4 is 17.6 Å². The number of urea groups is 1. The van der Waals surface area contributed by atoms with E-state index in [2.05, 4.69) is 10.6 Å². The van der Waals surface area contributed by atoms with E-state index in [1.165, 1.54) is 17.0 Å². The number of anilines is 1. The van der Waals surface area contributed by atoms with Gasteiger partial charge in [0.2, 0.25) is 5.91 Å². The third kappa shape index (κ3) is 6.25. The normalized spacial score (nSPS) is 10.2. The Bertz CT molecular complexity index is 730. The largest absolute Gasteiger partial charge is 0.349 e. The number of rotatable bonds is 6. The van der Waals surface area contributed by atoms with Crippen LogP contribution in [0.1, 0.15) is 11.1 Å². The van der Waals surface area contributed by atoms with Crippen molar-refractivity contribution in [2.75, 3.05) is 26.0 Å². The first-order valence-electron chi connectivity index (χ1n) is 8.02. The Balaban J connectivity index is 1.77. The maximum absolute atomic E-state index is 13.1. The molecule has 0 radical (unpaired) electrons. The number of amides is 3. The zero-order chi connectivity index (χ0) is 18.2. The molecule has 0 aliphatic carbocycles. The standard InChI is InChI=1S/C19H22FN3O2/c1-23(2)18(24)13-15-6-8-17(9-7-15)22-19(25)21-11-10-14-4-3-5-16(20)12-14/h3-9,12H,10-11,13H2,1-2H3,(H2,21,22,25). The second-order valence-electron chi connectivity index (χ2n) is 5.92. The van der Waals surface area contributed by atoms with Gasteiger partial charge in [0, 0.05) is 26.3 Å². The number of nitrogens with one attached hydrogen (secondary N) is 2. The van der Waals surface area contributed by atoms with Crippen LogP contribution < -0.4 is 10.6 Å². The van der Waals surface area contributed by atoms with Crippen LogP contribution in [0.15, 0.2) is 48.5 Å². The Hall–Kier alpha value is -2.89. The first-order chi connectivity index (χ1) is 11.9. The Kier molecular flexibility index (Phi) is 6.51. The van der Waals surface area contributed by atoms with E-state index in [1.807, 2.05) is 18.2 Å². The van der Waals surface area contributed by atoms with Crippen molar-refractivity contribution in [3.8, 4) is 0 Å². The topological polar surface area (TPSA) is 61.4 Å². The van der Waals surface area contributed by atoms with E-state index in [0.29, 0.717) is 25.1 Å². The fourth-order valence-electron chi connectivity index (χ4n) is 2.23. The third-order valence-electron chi connectivity index (χ3n) is 3.65. The highest BCUT2D eigenvalue weighted by Gasteiger charge is 2.06. The van der Waals surface area contributed by atoms with E-state index in [4.69, 9.17) is 0 Å². The van der Waals surface area contributed by atoms with Crippen LogP contribution in [0.5, 0.6) is 0 Å². The van der Waals surface area contributed by atoms with E-state index >= 15 is 0 Å². The smallest absolute Gasteiger partial charge is 0.319 e. The molecular weight excluding hydrogens is 321 g/mol. The summed E-state index contributed by atoms with van der Waals surface area (Å²) in [6.07, 6.45) is 0.879. The summed E-state index contributed by atoms with van der Waals surface area (Å²) in [5.74, 6) is -0.259. The lowest BCUT2D eigenvalue weighted by Crippen LogP contribution is -2.30. The van der Waals surface area contributed by atoms with Gasteiger partial charge in [0.25, 0.3) is 0 Å². The number of halogens is 1. The number of benzene rings is 2. The third-order valence-corrected chi connectivity index (χ3v) is 3.65. The van der Waals surface area contributed by atoms with Crippen LogP contribution in [0.3, 0.4) is 0 Å². The second kappa shape index (κ2) is 8.82. The zero-order valence-electron chi connectivity index (χ0n) is 14.4. The number of carbonyl (C=O) groups excluding carboxylic acids is 2. The molecule has 25 heavy (non-hydrogen) atoms. The molecule has 5 nitrogen and oxygen atoms in total. The predicted molar refractivity (Wildman–Crippen MR) is 96.0 cm³/mol. The number of hydrogen-bond acceptors (Lipinski definition) is 2. The minimum atomic E-state index is -0.325. The summed E-state index contributed by atoms with van der Waals surface area (Å²) >= 11 is 0. The van der Waals surface area contributed by atoms with Gasteiger partial charge in [0.05, 0.1) is 6.42 Å². The summed E-state index contributed by atoms with van der Waals surface area (Å²) in [6.45, 7) is 0.407. The van der Waals surface area contributed by atoms with Gasteiger partial charge < -0.3 is 15.5 Å². The molecule has 0 heterocycles. The molecule has 0 bridgehead atoms. The van der Waals surface area contributed by atoms with Gasteiger partial charge in [0.1, 0.15) is 5.82 Å². The summed E-state index contributed by atoms with van der Waals surface area (Å²) in [5, 5.41) is 5.45. The van der Waals surface area contributed by atoms with Gasteiger partial charge in [-0.25, -0.2) is 9.18 Å². The van der Waals surface area contributed by atoms with Crippen LogP contribution in [-0.4, -0.2) is 37.5 Å². The van der Waals surface area contributed by atoms with Crippen LogP contribution in [-0.2, 0) is 17.6 Å². The summed E-state index contributed by atoms with van der Waals surface area (Å²) < 4.78 is 13.1. The lowest BCUT2D eigenvalue weighted by molar-refractivity contribution is -0.127. The van der Waals surface area contributed by atoms with Crippen molar-refractivity contribution in [3.05, 3.63) is 65.5 Å². The van der Waals surface area contributed by atoms with Crippen molar-refractivity contribution in [2.24, 2.45) is 0 Å². The number of hydrogen-bond donors (Lipinski definition) is 2. The number of carbonyl (C=O) groups is 2. The Labute approximate surface area is 146 Å². The molecule has 132 valence electrons. The van der Waals surface area contributed by atoms with Gasteiger partial charge in [0.15, 0.2) is 0 Å². The molecule has 0 atom stereocenters. The van der Waals surface area contributed by atoms with Crippen LogP contribution in [0.4, 0.5) is 14.9 Å². The van der Waals surface area contributed by atoms with E-state index in [0.717, 1.165) is 11.1 Å². The molecular formula is C19H22FN3O2. The van der Waals surface area contributed by atoms with Crippen LogP contribution in [0.2, 0.25) is 0 Å². The molecule has 3 amide bonds. The van der Waals surface area contributed by atoms with E-state index in [1.54, 1.807) is 32.3 Å². The Morgan fingerprint density at radius 3 is 2.40 bits per heavy atom. The SMILES string of the molecule is CN(C)C(=O)Cc1ccc(NC(=O)NCCc2cccc(F)c2)cc1. The maximum Gasteiger partial charge on any atom is 0.319 e.